The first kappa shape index (κ1) is 24.7. The van der Waals surface area contributed by atoms with Crippen LogP contribution in [0.4, 0.5) is 4.39 Å². The lowest BCUT2D eigenvalue weighted by Gasteiger charge is -2.44. The van der Waals surface area contributed by atoms with Gasteiger partial charge in [-0.25, -0.2) is 4.39 Å². The third-order valence-corrected chi connectivity index (χ3v) is 8.68. The summed E-state index contributed by atoms with van der Waals surface area (Å²) in [5.74, 6) is 1.62. The number of fused-ring (bicyclic) bond motifs is 1. The van der Waals surface area contributed by atoms with Crippen LogP contribution in [0.15, 0.2) is 35.5 Å². The van der Waals surface area contributed by atoms with Gasteiger partial charge in [-0.2, -0.15) is 0 Å². The zero-order chi connectivity index (χ0) is 23.0. The van der Waals surface area contributed by atoms with Gasteiger partial charge in [0.1, 0.15) is 5.67 Å². The number of allylic oxidation sites excluding steroid dienone is 3. The predicted molar refractivity (Wildman–Crippen MR) is 124 cm³/mol. The molecule has 0 aromatic carbocycles. The van der Waals surface area contributed by atoms with E-state index in [1.165, 1.54) is 45.1 Å². The van der Waals surface area contributed by atoms with Crippen molar-refractivity contribution < 1.29 is 19.7 Å². The summed E-state index contributed by atoms with van der Waals surface area (Å²) in [5, 5.41) is 30.3. The Labute approximate surface area is 188 Å². The van der Waals surface area contributed by atoms with Crippen LogP contribution in [-0.2, 0) is 0 Å². The molecule has 0 aromatic heterocycles. The van der Waals surface area contributed by atoms with E-state index in [0.717, 1.165) is 24.0 Å². The molecule has 0 radical (unpaired) electrons. The fourth-order valence-corrected chi connectivity index (χ4v) is 6.64. The zero-order valence-electron chi connectivity index (χ0n) is 19.9. The SMILES string of the molecule is C=C1/C(=C\C=C2/CCC[C@]3(C)[C@@H]([C@H](C)CC[C@@H](O)C(C)(C)F)CC[C@@H]23)C[C@H](O)C[C@H]1O. The number of aliphatic hydroxyl groups is 3. The lowest BCUT2D eigenvalue weighted by molar-refractivity contribution is 0.00301. The largest absolute Gasteiger partial charge is 0.393 e. The Morgan fingerprint density at radius 1 is 1.23 bits per heavy atom. The lowest BCUT2D eigenvalue weighted by Crippen LogP contribution is -2.37. The minimum absolute atomic E-state index is 0.251. The van der Waals surface area contributed by atoms with E-state index in [1.807, 2.05) is 0 Å². The van der Waals surface area contributed by atoms with Gasteiger partial charge in [-0.1, -0.05) is 38.2 Å². The number of alkyl halides is 1. The van der Waals surface area contributed by atoms with Gasteiger partial charge < -0.3 is 15.3 Å². The number of aliphatic hydroxyl groups excluding tert-OH is 3. The molecule has 0 amide bonds. The third-order valence-electron chi connectivity index (χ3n) is 8.68. The van der Waals surface area contributed by atoms with E-state index in [1.54, 1.807) is 0 Å². The molecule has 3 rings (SSSR count). The highest BCUT2D eigenvalue weighted by molar-refractivity contribution is 5.38. The van der Waals surface area contributed by atoms with Crippen molar-refractivity contribution in [3.8, 4) is 0 Å². The minimum Gasteiger partial charge on any atom is -0.393 e. The van der Waals surface area contributed by atoms with Gasteiger partial charge in [0, 0.05) is 6.42 Å². The number of halogens is 1. The molecule has 3 aliphatic carbocycles. The quantitative estimate of drug-likeness (QED) is 0.506. The summed E-state index contributed by atoms with van der Waals surface area (Å²) < 4.78 is 14.0. The van der Waals surface area contributed by atoms with Crippen LogP contribution in [-0.4, -0.2) is 39.3 Å². The van der Waals surface area contributed by atoms with E-state index in [0.29, 0.717) is 37.0 Å². The molecular formula is C27H43FO3. The number of rotatable bonds is 6. The Bertz CT molecular complexity index is 718. The predicted octanol–water partition coefficient (Wildman–Crippen LogP) is 5.65. The molecule has 0 unspecified atom stereocenters. The molecule has 0 bridgehead atoms. The number of hydrogen-bond donors (Lipinski definition) is 3. The molecule has 3 fully saturated rings. The Hall–Kier alpha value is -0.970. The van der Waals surface area contributed by atoms with Gasteiger partial charge in [0.2, 0.25) is 0 Å². The first-order chi connectivity index (χ1) is 14.4. The van der Waals surface area contributed by atoms with Crippen LogP contribution in [0.25, 0.3) is 0 Å². The molecule has 0 spiro atoms. The summed E-state index contributed by atoms with van der Waals surface area (Å²) in [5.41, 5.74) is 1.91. The van der Waals surface area contributed by atoms with Crippen LogP contribution in [0.2, 0.25) is 0 Å². The van der Waals surface area contributed by atoms with Gasteiger partial charge in [-0.05, 0) is 99.5 Å². The molecule has 0 saturated heterocycles. The van der Waals surface area contributed by atoms with Crippen molar-refractivity contribution in [3.63, 3.8) is 0 Å². The Morgan fingerprint density at radius 2 is 1.94 bits per heavy atom. The summed E-state index contributed by atoms with van der Waals surface area (Å²) in [6, 6.07) is 0. The van der Waals surface area contributed by atoms with E-state index in [2.05, 4.69) is 32.6 Å². The lowest BCUT2D eigenvalue weighted by atomic mass is 9.60. The van der Waals surface area contributed by atoms with Crippen LogP contribution in [0.3, 0.4) is 0 Å². The maximum absolute atomic E-state index is 14.0. The van der Waals surface area contributed by atoms with E-state index in [4.69, 9.17) is 0 Å². The monoisotopic (exact) mass is 434 g/mol. The van der Waals surface area contributed by atoms with Crippen molar-refractivity contribution in [1.29, 1.82) is 0 Å². The van der Waals surface area contributed by atoms with Crippen LogP contribution in [0, 0.1) is 23.2 Å². The molecule has 3 saturated carbocycles. The normalized spacial score (nSPS) is 39.0. The first-order valence-corrected chi connectivity index (χ1v) is 12.3. The van der Waals surface area contributed by atoms with Gasteiger partial charge in [-0.15, -0.1) is 0 Å². The second-order valence-corrected chi connectivity index (χ2v) is 11.3. The smallest absolute Gasteiger partial charge is 0.131 e. The van der Waals surface area contributed by atoms with Gasteiger partial charge in [0.05, 0.1) is 18.3 Å². The molecular weight excluding hydrogens is 391 g/mol. The first-order valence-electron chi connectivity index (χ1n) is 12.3. The molecule has 7 atom stereocenters. The maximum atomic E-state index is 14.0. The van der Waals surface area contributed by atoms with E-state index in [-0.39, 0.29) is 5.41 Å². The van der Waals surface area contributed by atoms with Crippen LogP contribution >= 0.6 is 0 Å². The molecule has 0 heterocycles. The highest BCUT2D eigenvalue weighted by atomic mass is 19.1. The summed E-state index contributed by atoms with van der Waals surface area (Å²) in [4.78, 5) is 0. The van der Waals surface area contributed by atoms with Crippen molar-refractivity contribution in [2.24, 2.45) is 23.2 Å². The summed E-state index contributed by atoms with van der Waals surface area (Å²) >= 11 is 0. The maximum Gasteiger partial charge on any atom is 0.131 e. The topological polar surface area (TPSA) is 60.7 Å². The van der Waals surface area contributed by atoms with Gasteiger partial charge in [0.15, 0.2) is 0 Å². The molecule has 31 heavy (non-hydrogen) atoms. The molecule has 4 heteroatoms. The Morgan fingerprint density at radius 3 is 2.61 bits per heavy atom. The number of hydrogen-bond acceptors (Lipinski definition) is 3. The van der Waals surface area contributed by atoms with Crippen molar-refractivity contribution in [2.45, 2.75) is 109 Å². The van der Waals surface area contributed by atoms with Crippen LogP contribution in [0.1, 0.15) is 85.5 Å². The highest BCUT2D eigenvalue weighted by Gasteiger charge is 2.50. The van der Waals surface area contributed by atoms with Crippen molar-refractivity contribution in [3.05, 3.63) is 35.5 Å². The molecule has 0 aromatic rings. The second kappa shape index (κ2) is 9.49. The Kier molecular flexibility index (Phi) is 7.55. The summed E-state index contributed by atoms with van der Waals surface area (Å²) in [6.45, 7) is 11.7. The van der Waals surface area contributed by atoms with Crippen molar-refractivity contribution in [1.82, 2.24) is 0 Å². The molecule has 3 nitrogen and oxygen atoms in total. The fourth-order valence-electron chi connectivity index (χ4n) is 6.64. The molecule has 0 aliphatic heterocycles. The zero-order valence-corrected chi connectivity index (χ0v) is 19.9. The van der Waals surface area contributed by atoms with E-state index < -0.39 is 24.0 Å². The highest BCUT2D eigenvalue weighted by Crippen LogP contribution is 2.60. The third kappa shape index (κ3) is 5.34. The van der Waals surface area contributed by atoms with Gasteiger partial charge in [0.25, 0.3) is 0 Å². The molecule has 176 valence electrons. The summed E-state index contributed by atoms with van der Waals surface area (Å²) in [6.07, 6.45) is 10.5. The molecule has 3 aliphatic rings. The summed E-state index contributed by atoms with van der Waals surface area (Å²) in [7, 11) is 0. The molecule has 3 N–H and O–H groups in total. The van der Waals surface area contributed by atoms with Crippen LogP contribution < -0.4 is 0 Å². The second-order valence-electron chi connectivity index (χ2n) is 11.3. The van der Waals surface area contributed by atoms with E-state index >= 15 is 0 Å². The fraction of sp³-hybridized carbons (Fsp3) is 0.778. The van der Waals surface area contributed by atoms with Gasteiger partial charge in [-0.3, -0.25) is 0 Å². The van der Waals surface area contributed by atoms with Gasteiger partial charge >= 0.3 is 0 Å². The van der Waals surface area contributed by atoms with E-state index in [9.17, 15) is 19.7 Å². The average Bonchev–Trinajstić information content (AvgIpc) is 3.04. The minimum atomic E-state index is -1.54. The standard InChI is InChI=1S/C27H43FO3/c1-17(8-13-25(31)26(3,4)28)22-11-12-23-19(7-6-14-27(22,23)5)9-10-20-15-21(29)16-24(30)18(20)2/h9-10,17,21-25,29-31H,2,6-8,11-16H2,1,3-5H3/b19-9+,20-10-/t17-,21+,22-,23+,24-,25-,27-/m1/s1. The van der Waals surface area contributed by atoms with Crippen molar-refractivity contribution in [2.75, 3.05) is 0 Å². The van der Waals surface area contributed by atoms with Crippen LogP contribution in [0.5, 0.6) is 0 Å². The Balaban J connectivity index is 1.71. The average molecular weight is 435 g/mol. The van der Waals surface area contributed by atoms with Crippen molar-refractivity contribution >= 4 is 0 Å².